The summed E-state index contributed by atoms with van der Waals surface area (Å²) >= 11 is 4.09. The molecule has 0 saturated carbocycles. The first-order valence-corrected chi connectivity index (χ1v) is 4.21. The highest BCUT2D eigenvalue weighted by molar-refractivity contribution is 7.80. The summed E-state index contributed by atoms with van der Waals surface area (Å²) in [6.45, 7) is 1.46. The fourth-order valence-electron chi connectivity index (χ4n) is 0.931. The Morgan fingerprint density at radius 2 is 1.92 bits per heavy atom. The van der Waals surface area contributed by atoms with Crippen molar-refractivity contribution in [2.45, 2.75) is 17.4 Å². The third kappa shape index (κ3) is 2.02. The zero-order valence-corrected chi connectivity index (χ0v) is 8.08. The van der Waals surface area contributed by atoms with E-state index in [1.807, 2.05) is 0 Å². The lowest BCUT2D eigenvalue weighted by molar-refractivity contribution is -0.143. The summed E-state index contributed by atoms with van der Waals surface area (Å²) in [7, 11) is 0. The Hall–Kier alpha value is -1.00. The molecule has 1 unspecified atom stereocenters. The number of carboxylic acid groups (broad SMARTS) is 1. The van der Waals surface area contributed by atoms with Gasteiger partial charge in [0.15, 0.2) is 0 Å². The molecule has 3 nitrogen and oxygen atoms in total. The van der Waals surface area contributed by atoms with E-state index in [2.05, 4.69) is 12.6 Å². The first-order chi connectivity index (χ1) is 5.94. The summed E-state index contributed by atoms with van der Waals surface area (Å²) in [6.07, 6.45) is 0. The number of nitrogens with two attached hydrogens (primary N) is 1. The lowest BCUT2D eigenvalue weighted by Crippen LogP contribution is -2.41. The van der Waals surface area contributed by atoms with Crippen LogP contribution in [0.25, 0.3) is 0 Å². The molecule has 0 aromatic heterocycles. The van der Waals surface area contributed by atoms with Gasteiger partial charge in [-0.3, -0.25) is 0 Å². The predicted octanol–water partition coefficient (Wildman–Crippen LogP) is 1.23. The molecule has 1 atom stereocenters. The van der Waals surface area contributed by atoms with Crippen LogP contribution in [0.2, 0.25) is 0 Å². The van der Waals surface area contributed by atoms with Gasteiger partial charge in [-0.2, -0.15) is 0 Å². The number of hydrogen-bond donors (Lipinski definition) is 3. The summed E-state index contributed by atoms with van der Waals surface area (Å²) in [6, 6.07) is 6.76. The van der Waals surface area contributed by atoms with Gasteiger partial charge in [-0.1, -0.05) is 12.1 Å². The highest BCUT2D eigenvalue weighted by Gasteiger charge is 2.29. The van der Waals surface area contributed by atoms with E-state index in [-0.39, 0.29) is 0 Å². The van der Waals surface area contributed by atoms with Crippen LogP contribution in [0.5, 0.6) is 0 Å². The minimum atomic E-state index is -1.33. The Balaban J connectivity index is 3.08. The van der Waals surface area contributed by atoms with E-state index < -0.39 is 11.5 Å². The topological polar surface area (TPSA) is 63.3 Å². The summed E-state index contributed by atoms with van der Waals surface area (Å²) < 4.78 is 0. The maximum Gasteiger partial charge on any atom is 0.328 e. The van der Waals surface area contributed by atoms with E-state index >= 15 is 0 Å². The Kier molecular flexibility index (Phi) is 2.63. The Morgan fingerprint density at radius 1 is 1.46 bits per heavy atom. The molecular weight excluding hydrogens is 186 g/mol. The maximum absolute atomic E-state index is 10.8. The molecular formula is C9H11NO2S. The fourth-order valence-corrected chi connectivity index (χ4v) is 1.08. The van der Waals surface area contributed by atoms with Crippen LogP contribution in [0.3, 0.4) is 0 Å². The molecule has 0 bridgehead atoms. The molecule has 70 valence electrons. The van der Waals surface area contributed by atoms with Gasteiger partial charge in [0.25, 0.3) is 0 Å². The van der Waals surface area contributed by atoms with E-state index in [4.69, 9.17) is 10.8 Å². The monoisotopic (exact) mass is 197 g/mol. The van der Waals surface area contributed by atoms with Crippen molar-refractivity contribution in [3.63, 3.8) is 0 Å². The van der Waals surface area contributed by atoms with Crippen molar-refractivity contribution in [1.82, 2.24) is 0 Å². The Bertz CT molecular complexity index is 319. The number of aliphatic carboxylic acids is 1. The molecule has 0 fully saturated rings. The van der Waals surface area contributed by atoms with Crippen molar-refractivity contribution in [2.75, 3.05) is 0 Å². The third-order valence-electron chi connectivity index (χ3n) is 1.91. The number of carboxylic acids is 1. The molecule has 0 aliphatic heterocycles. The minimum absolute atomic E-state index is 0.567. The fraction of sp³-hybridized carbons (Fsp3) is 0.222. The smallest absolute Gasteiger partial charge is 0.328 e. The molecule has 0 aliphatic carbocycles. The van der Waals surface area contributed by atoms with E-state index in [1.54, 1.807) is 24.3 Å². The lowest BCUT2D eigenvalue weighted by atomic mass is 9.94. The Labute approximate surface area is 82.0 Å². The molecule has 0 heterocycles. The number of benzene rings is 1. The van der Waals surface area contributed by atoms with Crippen molar-refractivity contribution >= 4 is 18.6 Å². The van der Waals surface area contributed by atoms with Gasteiger partial charge in [-0.25, -0.2) is 4.79 Å². The second-order valence-electron chi connectivity index (χ2n) is 3.05. The van der Waals surface area contributed by atoms with E-state index in [1.165, 1.54) is 6.92 Å². The zero-order valence-electron chi connectivity index (χ0n) is 7.19. The average molecular weight is 197 g/mol. The molecule has 1 aromatic rings. The lowest BCUT2D eigenvalue weighted by Gasteiger charge is -2.19. The molecule has 1 rings (SSSR count). The molecule has 0 amide bonds. The van der Waals surface area contributed by atoms with Crippen molar-refractivity contribution in [2.24, 2.45) is 5.73 Å². The summed E-state index contributed by atoms with van der Waals surface area (Å²) in [5, 5.41) is 8.82. The van der Waals surface area contributed by atoms with Crippen LogP contribution in [0.4, 0.5) is 0 Å². The first kappa shape index (κ1) is 10.1. The van der Waals surface area contributed by atoms with Crippen molar-refractivity contribution in [1.29, 1.82) is 0 Å². The highest BCUT2D eigenvalue weighted by atomic mass is 32.1. The molecule has 0 spiro atoms. The number of carbonyl (C=O) groups is 1. The van der Waals surface area contributed by atoms with Crippen LogP contribution in [0.1, 0.15) is 12.5 Å². The second kappa shape index (κ2) is 3.40. The highest BCUT2D eigenvalue weighted by Crippen LogP contribution is 2.19. The van der Waals surface area contributed by atoms with E-state index in [0.29, 0.717) is 5.56 Å². The van der Waals surface area contributed by atoms with E-state index in [0.717, 1.165) is 4.90 Å². The van der Waals surface area contributed by atoms with Gasteiger partial charge in [0.1, 0.15) is 5.54 Å². The van der Waals surface area contributed by atoms with Gasteiger partial charge >= 0.3 is 5.97 Å². The van der Waals surface area contributed by atoms with Crippen LogP contribution >= 0.6 is 12.6 Å². The normalized spacial score (nSPS) is 15.0. The standard InChI is InChI=1S/C9H11NO2S/c1-9(10,8(11)12)6-2-4-7(13)5-3-6/h2-5,13H,10H2,1H3,(H,11,12). The zero-order chi connectivity index (χ0) is 10.1. The third-order valence-corrected chi connectivity index (χ3v) is 2.21. The predicted molar refractivity (Wildman–Crippen MR) is 52.9 cm³/mol. The summed E-state index contributed by atoms with van der Waals surface area (Å²) in [4.78, 5) is 11.5. The van der Waals surface area contributed by atoms with Crippen LogP contribution in [-0.4, -0.2) is 11.1 Å². The summed E-state index contributed by atoms with van der Waals surface area (Å²) in [5.74, 6) is -1.04. The second-order valence-corrected chi connectivity index (χ2v) is 3.57. The number of hydrogen-bond acceptors (Lipinski definition) is 3. The molecule has 3 N–H and O–H groups in total. The van der Waals surface area contributed by atoms with Crippen molar-refractivity contribution < 1.29 is 9.90 Å². The number of thiol groups is 1. The van der Waals surface area contributed by atoms with Gasteiger partial charge < -0.3 is 10.8 Å². The Morgan fingerprint density at radius 3 is 2.31 bits per heavy atom. The maximum atomic E-state index is 10.8. The van der Waals surface area contributed by atoms with Crippen LogP contribution in [0, 0.1) is 0 Å². The minimum Gasteiger partial charge on any atom is -0.480 e. The van der Waals surface area contributed by atoms with Crippen molar-refractivity contribution in [3.05, 3.63) is 29.8 Å². The van der Waals surface area contributed by atoms with Crippen LogP contribution in [0.15, 0.2) is 29.2 Å². The average Bonchev–Trinajstić information content (AvgIpc) is 2.04. The van der Waals surface area contributed by atoms with Gasteiger partial charge in [-0.15, -0.1) is 12.6 Å². The van der Waals surface area contributed by atoms with Gasteiger partial charge in [-0.05, 0) is 24.6 Å². The van der Waals surface area contributed by atoms with Gasteiger partial charge in [0.05, 0.1) is 0 Å². The SMILES string of the molecule is CC(N)(C(=O)O)c1ccc(S)cc1. The molecule has 0 radical (unpaired) electrons. The van der Waals surface area contributed by atoms with Gasteiger partial charge in [0, 0.05) is 4.90 Å². The molecule has 1 aromatic carbocycles. The van der Waals surface area contributed by atoms with Gasteiger partial charge in [0.2, 0.25) is 0 Å². The molecule has 0 saturated heterocycles. The summed E-state index contributed by atoms with van der Waals surface area (Å²) in [5.41, 5.74) is 4.84. The van der Waals surface area contributed by atoms with Crippen molar-refractivity contribution in [3.8, 4) is 0 Å². The van der Waals surface area contributed by atoms with Crippen LogP contribution in [-0.2, 0) is 10.3 Å². The largest absolute Gasteiger partial charge is 0.480 e. The molecule has 0 aliphatic rings. The quantitative estimate of drug-likeness (QED) is 0.625. The van der Waals surface area contributed by atoms with E-state index in [9.17, 15) is 4.79 Å². The molecule has 13 heavy (non-hydrogen) atoms. The molecule has 4 heteroatoms. The first-order valence-electron chi connectivity index (χ1n) is 3.76. The van der Waals surface area contributed by atoms with Crippen LogP contribution < -0.4 is 5.73 Å². The number of rotatable bonds is 2.